The number of pyridine rings is 3. The SMILES string of the molecule is FC(F)(F)C1CCN(Cc2ccc(-c3cnc4[nH]c5cnc(-c6cccnc6)cc5c4c3)cc2)CC1. The van der Waals surface area contributed by atoms with Gasteiger partial charge < -0.3 is 4.98 Å². The summed E-state index contributed by atoms with van der Waals surface area (Å²) in [4.78, 5) is 18.8. The molecule has 1 fully saturated rings. The van der Waals surface area contributed by atoms with Gasteiger partial charge in [0.1, 0.15) is 5.65 Å². The van der Waals surface area contributed by atoms with Crippen molar-refractivity contribution in [1.82, 2.24) is 24.8 Å². The number of alkyl halides is 3. The van der Waals surface area contributed by atoms with Crippen LogP contribution >= 0.6 is 0 Å². The van der Waals surface area contributed by atoms with Gasteiger partial charge in [0.05, 0.1) is 23.3 Å². The summed E-state index contributed by atoms with van der Waals surface area (Å²) in [5.41, 5.74) is 6.67. The second-order valence-corrected chi connectivity index (χ2v) is 9.39. The molecule has 5 aromatic rings. The van der Waals surface area contributed by atoms with Crippen LogP contribution in [-0.2, 0) is 6.54 Å². The van der Waals surface area contributed by atoms with Crippen molar-refractivity contribution in [2.24, 2.45) is 5.92 Å². The van der Waals surface area contributed by atoms with Crippen LogP contribution in [0.25, 0.3) is 44.3 Å². The van der Waals surface area contributed by atoms with Crippen LogP contribution in [0, 0.1) is 5.92 Å². The molecule has 0 radical (unpaired) electrons. The predicted molar refractivity (Wildman–Crippen MR) is 134 cm³/mol. The molecule has 4 aromatic heterocycles. The van der Waals surface area contributed by atoms with E-state index in [-0.39, 0.29) is 12.8 Å². The van der Waals surface area contributed by atoms with Crippen molar-refractivity contribution >= 4 is 21.9 Å². The quantitative estimate of drug-likeness (QED) is 0.310. The first-order chi connectivity index (χ1) is 17.4. The molecule has 1 N–H and O–H groups in total. The van der Waals surface area contributed by atoms with Crippen LogP contribution in [0.2, 0.25) is 0 Å². The van der Waals surface area contributed by atoms with Gasteiger partial charge in [-0.05, 0) is 61.3 Å². The van der Waals surface area contributed by atoms with Crippen LogP contribution in [0.3, 0.4) is 0 Å². The molecule has 0 spiro atoms. The van der Waals surface area contributed by atoms with E-state index in [1.54, 1.807) is 12.4 Å². The second-order valence-electron chi connectivity index (χ2n) is 9.39. The van der Waals surface area contributed by atoms with Gasteiger partial charge in [0.25, 0.3) is 0 Å². The van der Waals surface area contributed by atoms with Crippen molar-refractivity contribution in [3.63, 3.8) is 0 Å². The Morgan fingerprint density at radius 2 is 1.67 bits per heavy atom. The minimum atomic E-state index is -4.08. The summed E-state index contributed by atoms with van der Waals surface area (Å²) in [7, 11) is 0. The molecule has 1 aliphatic rings. The van der Waals surface area contributed by atoms with Crippen molar-refractivity contribution in [2.75, 3.05) is 13.1 Å². The minimum absolute atomic E-state index is 0.176. The number of rotatable bonds is 4. The smallest absolute Gasteiger partial charge is 0.338 e. The molecule has 5 heterocycles. The number of likely N-dealkylation sites (tertiary alicyclic amines) is 1. The normalized spacial score (nSPS) is 15.6. The van der Waals surface area contributed by atoms with Crippen LogP contribution in [0.1, 0.15) is 18.4 Å². The fourth-order valence-electron chi connectivity index (χ4n) is 4.98. The van der Waals surface area contributed by atoms with Gasteiger partial charge in [0.15, 0.2) is 0 Å². The number of H-pyrrole nitrogens is 1. The average molecular weight is 488 g/mol. The van der Waals surface area contributed by atoms with E-state index in [0.717, 1.165) is 49.9 Å². The summed E-state index contributed by atoms with van der Waals surface area (Å²) >= 11 is 0. The molecule has 5 nitrogen and oxygen atoms in total. The number of fused-ring (bicyclic) bond motifs is 3. The third kappa shape index (κ3) is 4.44. The summed E-state index contributed by atoms with van der Waals surface area (Å²) in [5, 5.41) is 2.07. The number of nitrogens with one attached hydrogen (secondary N) is 1. The monoisotopic (exact) mass is 487 g/mol. The molecule has 182 valence electrons. The van der Waals surface area contributed by atoms with E-state index >= 15 is 0 Å². The molecule has 0 unspecified atom stereocenters. The van der Waals surface area contributed by atoms with Gasteiger partial charge in [0, 0.05) is 47.0 Å². The lowest BCUT2D eigenvalue weighted by Crippen LogP contribution is -2.38. The predicted octanol–water partition coefficient (Wildman–Crippen LogP) is 6.61. The van der Waals surface area contributed by atoms with E-state index in [4.69, 9.17) is 0 Å². The number of piperidine rings is 1. The molecule has 8 heteroatoms. The van der Waals surface area contributed by atoms with Crippen LogP contribution in [0.15, 0.2) is 73.3 Å². The number of aromatic amines is 1. The van der Waals surface area contributed by atoms with Gasteiger partial charge >= 0.3 is 6.18 Å². The second kappa shape index (κ2) is 9.02. The lowest BCUT2D eigenvalue weighted by atomic mass is 9.96. The van der Waals surface area contributed by atoms with Crippen LogP contribution in [0.5, 0.6) is 0 Å². The molecule has 0 amide bonds. The van der Waals surface area contributed by atoms with Gasteiger partial charge in [0.2, 0.25) is 0 Å². The molecule has 1 saturated heterocycles. The minimum Gasteiger partial charge on any atom is -0.338 e. The van der Waals surface area contributed by atoms with Gasteiger partial charge in [-0.1, -0.05) is 24.3 Å². The molecular weight excluding hydrogens is 463 g/mol. The molecule has 36 heavy (non-hydrogen) atoms. The maximum atomic E-state index is 12.9. The van der Waals surface area contributed by atoms with Crippen molar-refractivity contribution in [3.8, 4) is 22.4 Å². The highest BCUT2D eigenvalue weighted by Gasteiger charge is 2.40. The zero-order valence-corrected chi connectivity index (χ0v) is 19.5. The number of hydrogen-bond acceptors (Lipinski definition) is 4. The van der Waals surface area contributed by atoms with E-state index < -0.39 is 12.1 Å². The first-order valence-electron chi connectivity index (χ1n) is 12.0. The third-order valence-electron chi connectivity index (χ3n) is 7.04. The molecular formula is C28H24F3N5. The number of benzene rings is 1. The fourth-order valence-corrected chi connectivity index (χ4v) is 4.98. The summed E-state index contributed by atoms with van der Waals surface area (Å²) in [5.74, 6) is -1.17. The number of nitrogens with zero attached hydrogens (tertiary/aromatic N) is 4. The maximum Gasteiger partial charge on any atom is 0.391 e. The molecule has 0 bridgehead atoms. The van der Waals surface area contributed by atoms with Crippen molar-refractivity contribution < 1.29 is 13.2 Å². The summed E-state index contributed by atoms with van der Waals surface area (Å²) in [6, 6.07) is 16.3. The lowest BCUT2D eigenvalue weighted by molar-refractivity contribution is -0.185. The first-order valence-corrected chi connectivity index (χ1v) is 12.0. The summed E-state index contributed by atoms with van der Waals surface area (Å²) in [6.45, 7) is 1.61. The zero-order valence-electron chi connectivity index (χ0n) is 19.5. The van der Waals surface area contributed by atoms with Gasteiger partial charge in [-0.3, -0.25) is 14.9 Å². The van der Waals surface area contributed by atoms with Crippen LogP contribution in [0.4, 0.5) is 13.2 Å². The third-order valence-corrected chi connectivity index (χ3v) is 7.04. The highest BCUT2D eigenvalue weighted by Crippen LogP contribution is 2.35. The molecule has 0 atom stereocenters. The lowest BCUT2D eigenvalue weighted by Gasteiger charge is -2.32. The average Bonchev–Trinajstić information content (AvgIpc) is 3.27. The number of halogens is 3. The van der Waals surface area contributed by atoms with Crippen molar-refractivity contribution in [3.05, 3.63) is 78.9 Å². The molecule has 1 aliphatic heterocycles. The molecule has 6 rings (SSSR count). The fraction of sp³-hybridized carbons (Fsp3) is 0.250. The zero-order chi connectivity index (χ0) is 24.7. The first kappa shape index (κ1) is 22.7. The Morgan fingerprint density at radius 1 is 0.861 bits per heavy atom. The van der Waals surface area contributed by atoms with Gasteiger partial charge in [-0.25, -0.2) is 4.98 Å². The molecule has 0 aliphatic carbocycles. The molecule has 1 aromatic carbocycles. The van der Waals surface area contributed by atoms with E-state index in [2.05, 4.69) is 61.2 Å². The maximum absolute atomic E-state index is 12.9. The Bertz CT molecular complexity index is 1500. The van der Waals surface area contributed by atoms with E-state index in [9.17, 15) is 13.2 Å². The summed E-state index contributed by atoms with van der Waals surface area (Å²) < 4.78 is 38.8. The standard InChI is InChI=1S/C28H24F3N5/c29-28(30,31)22-7-10-36(11-8-22)17-18-3-5-19(6-4-18)21-12-24-23-13-25(20-2-1-9-32-14-20)33-16-26(23)35-27(24)34-15-21/h1-6,9,12-16,22H,7-8,10-11,17H2,(H,34,35). The van der Waals surface area contributed by atoms with Crippen LogP contribution in [-0.4, -0.2) is 44.1 Å². The van der Waals surface area contributed by atoms with Crippen molar-refractivity contribution in [1.29, 1.82) is 0 Å². The van der Waals surface area contributed by atoms with E-state index in [1.807, 2.05) is 24.5 Å². The number of hydrogen-bond donors (Lipinski definition) is 1. The Kier molecular flexibility index (Phi) is 5.68. The highest BCUT2D eigenvalue weighted by atomic mass is 19.4. The summed E-state index contributed by atoms with van der Waals surface area (Å²) in [6.07, 6.45) is 3.49. The Hall–Kier alpha value is -3.78. The van der Waals surface area contributed by atoms with Crippen molar-refractivity contribution in [2.45, 2.75) is 25.6 Å². The largest absolute Gasteiger partial charge is 0.391 e. The Morgan fingerprint density at radius 3 is 2.39 bits per heavy atom. The number of aromatic nitrogens is 4. The topological polar surface area (TPSA) is 57.7 Å². The van der Waals surface area contributed by atoms with Crippen LogP contribution < -0.4 is 0 Å². The Balaban J connectivity index is 1.23. The van der Waals surface area contributed by atoms with Gasteiger partial charge in [-0.2, -0.15) is 13.2 Å². The highest BCUT2D eigenvalue weighted by molar-refractivity contribution is 6.07. The molecule has 0 saturated carbocycles. The van der Waals surface area contributed by atoms with E-state index in [0.29, 0.717) is 19.6 Å². The van der Waals surface area contributed by atoms with E-state index in [1.165, 1.54) is 0 Å². The van der Waals surface area contributed by atoms with Gasteiger partial charge in [-0.15, -0.1) is 0 Å². The Labute approximate surface area is 206 Å².